The zero-order valence-corrected chi connectivity index (χ0v) is 18.4. The molecule has 160 valence electrons. The molecule has 0 unspecified atom stereocenters. The first-order valence-electron chi connectivity index (χ1n) is 11.9. The fourth-order valence-electron chi connectivity index (χ4n) is 3.31. The summed E-state index contributed by atoms with van der Waals surface area (Å²) >= 11 is 0. The maximum Gasteiger partial charge on any atom is 0.305 e. The summed E-state index contributed by atoms with van der Waals surface area (Å²) in [4.78, 5) is 23.4. The Balaban J connectivity index is 3.25. The van der Waals surface area contributed by atoms with Crippen molar-refractivity contribution in [3.63, 3.8) is 0 Å². The average Bonchev–Trinajstić information content (AvgIpc) is 2.66. The fraction of sp³-hybridized carbons (Fsp3) is 0.917. The van der Waals surface area contributed by atoms with E-state index in [0.717, 1.165) is 57.8 Å². The molecule has 0 bridgehead atoms. The molecule has 0 rings (SSSR count). The van der Waals surface area contributed by atoms with Crippen molar-refractivity contribution >= 4 is 11.8 Å². The second kappa shape index (κ2) is 21.4. The number of ketones is 1. The van der Waals surface area contributed by atoms with Crippen LogP contribution in [0.3, 0.4) is 0 Å². The van der Waals surface area contributed by atoms with Gasteiger partial charge >= 0.3 is 5.97 Å². The van der Waals surface area contributed by atoms with E-state index in [-0.39, 0.29) is 5.97 Å². The van der Waals surface area contributed by atoms with E-state index < -0.39 is 0 Å². The molecule has 3 heteroatoms. The summed E-state index contributed by atoms with van der Waals surface area (Å²) in [7, 11) is 0. The van der Waals surface area contributed by atoms with E-state index in [0.29, 0.717) is 18.8 Å². The zero-order valence-electron chi connectivity index (χ0n) is 18.4. The van der Waals surface area contributed by atoms with Crippen LogP contribution in [0, 0.1) is 0 Å². The molecule has 0 aliphatic carbocycles. The van der Waals surface area contributed by atoms with Crippen molar-refractivity contribution in [1.82, 2.24) is 0 Å². The van der Waals surface area contributed by atoms with Crippen molar-refractivity contribution < 1.29 is 14.3 Å². The number of hydrogen-bond acceptors (Lipinski definition) is 3. The molecule has 27 heavy (non-hydrogen) atoms. The highest BCUT2D eigenvalue weighted by atomic mass is 16.5. The third-order valence-corrected chi connectivity index (χ3v) is 5.16. The van der Waals surface area contributed by atoms with Gasteiger partial charge in [0.15, 0.2) is 0 Å². The Kier molecular flexibility index (Phi) is 20.8. The van der Waals surface area contributed by atoms with Crippen LogP contribution in [0.1, 0.15) is 136 Å². The smallest absolute Gasteiger partial charge is 0.305 e. The third-order valence-electron chi connectivity index (χ3n) is 5.16. The maximum absolute atomic E-state index is 11.7. The first-order valence-corrected chi connectivity index (χ1v) is 11.9. The second-order valence-corrected chi connectivity index (χ2v) is 7.96. The first-order chi connectivity index (χ1) is 13.2. The van der Waals surface area contributed by atoms with Crippen molar-refractivity contribution in [1.29, 1.82) is 0 Å². The van der Waals surface area contributed by atoms with Gasteiger partial charge in [-0.15, -0.1) is 0 Å². The largest absolute Gasteiger partial charge is 0.466 e. The van der Waals surface area contributed by atoms with Crippen LogP contribution in [0.4, 0.5) is 0 Å². The molecule has 0 aromatic carbocycles. The first kappa shape index (κ1) is 26.1. The van der Waals surface area contributed by atoms with Gasteiger partial charge in [-0.25, -0.2) is 0 Å². The summed E-state index contributed by atoms with van der Waals surface area (Å²) in [6, 6.07) is 0. The Hall–Kier alpha value is -0.860. The molecule has 0 heterocycles. The number of hydrogen-bond donors (Lipinski definition) is 0. The van der Waals surface area contributed by atoms with E-state index in [1.165, 1.54) is 57.8 Å². The van der Waals surface area contributed by atoms with E-state index in [1.54, 1.807) is 0 Å². The molecule has 0 N–H and O–H groups in total. The van der Waals surface area contributed by atoms with Crippen LogP contribution in [-0.4, -0.2) is 18.4 Å². The number of carbonyl (C=O) groups excluding carboxylic acids is 2. The number of rotatable bonds is 21. The number of esters is 1. The van der Waals surface area contributed by atoms with Crippen LogP contribution in [0.5, 0.6) is 0 Å². The second-order valence-electron chi connectivity index (χ2n) is 7.96. The summed E-state index contributed by atoms with van der Waals surface area (Å²) in [5, 5.41) is 0. The minimum atomic E-state index is -0.0303. The summed E-state index contributed by atoms with van der Waals surface area (Å²) in [5.74, 6) is 0.413. The molecule has 0 amide bonds. The summed E-state index contributed by atoms with van der Waals surface area (Å²) in [5.41, 5.74) is 0. The van der Waals surface area contributed by atoms with Crippen molar-refractivity contribution in [2.24, 2.45) is 0 Å². The molecule has 0 aliphatic rings. The minimum absolute atomic E-state index is 0.0303. The van der Waals surface area contributed by atoms with Crippen molar-refractivity contribution in [2.75, 3.05) is 6.61 Å². The quantitative estimate of drug-likeness (QED) is 0.152. The van der Waals surface area contributed by atoms with Crippen LogP contribution in [-0.2, 0) is 14.3 Å². The van der Waals surface area contributed by atoms with Gasteiger partial charge in [-0.05, 0) is 25.7 Å². The standard InChI is InChI=1S/C24H46O3/c1-3-5-7-9-14-18-22-27-24(26)21-17-13-11-10-12-16-20-23(25)19-15-8-6-4-2/h3-22H2,1-2H3. The van der Waals surface area contributed by atoms with Crippen LogP contribution >= 0.6 is 0 Å². The lowest BCUT2D eigenvalue weighted by atomic mass is 10.0. The van der Waals surface area contributed by atoms with E-state index >= 15 is 0 Å². The summed E-state index contributed by atoms with van der Waals surface area (Å²) in [6.07, 6.45) is 20.7. The predicted molar refractivity (Wildman–Crippen MR) is 115 cm³/mol. The maximum atomic E-state index is 11.7. The molecule has 0 saturated heterocycles. The van der Waals surface area contributed by atoms with Gasteiger partial charge in [-0.1, -0.05) is 90.9 Å². The molecule has 0 aliphatic heterocycles. The van der Waals surface area contributed by atoms with Gasteiger partial charge in [0.05, 0.1) is 6.61 Å². The third kappa shape index (κ3) is 21.3. The molecular weight excluding hydrogens is 336 g/mol. The highest BCUT2D eigenvalue weighted by Crippen LogP contribution is 2.12. The molecular formula is C24H46O3. The van der Waals surface area contributed by atoms with E-state index in [2.05, 4.69) is 13.8 Å². The molecule has 0 aromatic rings. The number of carbonyl (C=O) groups is 2. The fourth-order valence-corrected chi connectivity index (χ4v) is 3.31. The topological polar surface area (TPSA) is 43.4 Å². The lowest BCUT2D eigenvalue weighted by Crippen LogP contribution is -2.05. The Morgan fingerprint density at radius 1 is 0.519 bits per heavy atom. The Morgan fingerprint density at radius 3 is 1.48 bits per heavy atom. The van der Waals surface area contributed by atoms with Gasteiger partial charge < -0.3 is 4.74 Å². The normalized spacial score (nSPS) is 10.9. The lowest BCUT2D eigenvalue weighted by Gasteiger charge is -2.05. The molecule has 0 saturated carbocycles. The van der Waals surface area contributed by atoms with E-state index in [1.807, 2.05) is 0 Å². The van der Waals surface area contributed by atoms with Gasteiger partial charge in [-0.2, -0.15) is 0 Å². The van der Waals surface area contributed by atoms with Gasteiger partial charge in [0.1, 0.15) is 5.78 Å². The number of unbranched alkanes of at least 4 members (excludes halogenated alkanes) is 13. The molecule has 0 fully saturated rings. The SMILES string of the molecule is CCCCCCCCOC(=O)CCCCCCCCC(=O)CCCCCC. The predicted octanol–water partition coefficient (Wildman–Crippen LogP) is 7.55. The number of Topliss-reactive ketones (excluding diaryl/α,β-unsaturated/α-hetero) is 1. The highest BCUT2D eigenvalue weighted by molar-refractivity contribution is 5.78. The Morgan fingerprint density at radius 2 is 0.926 bits per heavy atom. The summed E-state index contributed by atoms with van der Waals surface area (Å²) in [6.45, 7) is 5.01. The lowest BCUT2D eigenvalue weighted by molar-refractivity contribution is -0.143. The van der Waals surface area contributed by atoms with Crippen molar-refractivity contribution in [2.45, 2.75) is 136 Å². The summed E-state index contributed by atoms with van der Waals surface area (Å²) < 4.78 is 5.29. The number of ether oxygens (including phenoxy) is 1. The Bertz CT molecular complexity index is 339. The average molecular weight is 383 g/mol. The zero-order chi connectivity index (χ0) is 20.0. The van der Waals surface area contributed by atoms with Crippen LogP contribution in [0.25, 0.3) is 0 Å². The van der Waals surface area contributed by atoms with Crippen LogP contribution < -0.4 is 0 Å². The minimum Gasteiger partial charge on any atom is -0.466 e. The Labute approximate surface area is 169 Å². The molecule has 0 atom stereocenters. The molecule has 0 radical (unpaired) electrons. The van der Waals surface area contributed by atoms with Crippen LogP contribution in [0.2, 0.25) is 0 Å². The van der Waals surface area contributed by atoms with E-state index in [4.69, 9.17) is 4.74 Å². The molecule has 3 nitrogen and oxygen atoms in total. The van der Waals surface area contributed by atoms with Crippen LogP contribution in [0.15, 0.2) is 0 Å². The van der Waals surface area contributed by atoms with Gasteiger partial charge in [0.2, 0.25) is 0 Å². The highest BCUT2D eigenvalue weighted by Gasteiger charge is 2.04. The molecule has 0 spiro atoms. The van der Waals surface area contributed by atoms with Crippen molar-refractivity contribution in [3.05, 3.63) is 0 Å². The van der Waals surface area contributed by atoms with Crippen molar-refractivity contribution in [3.8, 4) is 0 Å². The van der Waals surface area contributed by atoms with Gasteiger partial charge in [0.25, 0.3) is 0 Å². The van der Waals surface area contributed by atoms with Gasteiger partial charge in [-0.3, -0.25) is 9.59 Å². The van der Waals surface area contributed by atoms with Gasteiger partial charge in [0, 0.05) is 19.3 Å². The monoisotopic (exact) mass is 382 g/mol. The molecule has 0 aromatic heterocycles. The van der Waals surface area contributed by atoms with E-state index in [9.17, 15) is 9.59 Å².